The van der Waals surface area contributed by atoms with Gasteiger partial charge in [0.15, 0.2) is 0 Å². The molecule has 0 saturated heterocycles. The smallest absolute Gasteiger partial charge is 0.244 e. The Kier molecular flexibility index (Phi) is 6.85. The van der Waals surface area contributed by atoms with Crippen molar-refractivity contribution >= 4 is 40.7 Å². The van der Waals surface area contributed by atoms with Crippen LogP contribution in [0.25, 0.3) is 0 Å². The van der Waals surface area contributed by atoms with E-state index in [2.05, 4.69) is 5.32 Å². The van der Waals surface area contributed by atoms with Gasteiger partial charge in [-0.05, 0) is 48.7 Å². The second kappa shape index (κ2) is 8.88. The molecule has 0 bridgehead atoms. The summed E-state index contributed by atoms with van der Waals surface area (Å²) in [5.41, 5.74) is 2.58. The molecule has 0 fully saturated rings. The second-order valence-electron chi connectivity index (χ2n) is 5.83. The number of carbonyl (C=O) groups excluding carboxylic acids is 2. The van der Waals surface area contributed by atoms with Crippen molar-refractivity contribution < 1.29 is 9.59 Å². The lowest BCUT2D eigenvalue weighted by molar-refractivity contribution is -0.132. The van der Waals surface area contributed by atoms with Gasteiger partial charge in [-0.3, -0.25) is 9.59 Å². The zero-order valence-electron chi connectivity index (χ0n) is 14.2. The van der Waals surface area contributed by atoms with Crippen molar-refractivity contribution in [1.82, 2.24) is 4.90 Å². The number of nitrogens with one attached hydrogen (secondary N) is 1. The maximum absolute atomic E-state index is 12.3. The first-order chi connectivity index (χ1) is 11.8. The highest BCUT2D eigenvalue weighted by molar-refractivity contribution is 6.31. The van der Waals surface area contributed by atoms with Gasteiger partial charge in [0, 0.05) is 29.2 Å². The van der Waals surface area contributed by atoms with Gasteiger partial charge in [-0.1, -0.05) is 41.4 Å². The molecule has 2 amide bonds. The van der Waals surface area contributed by atoms with Crippen molar-refractivity contribution in [1.29, 1.82) is 0 Å². The lowest BCUT2D eigenvalue weighted by Crippen LogP contribution is -2.38. The Hall–Kier alpha value is -2.04. The van der Waals surface area contributed by atoms with Gasteiger partial charge in [0.05, 0.1) is 6.54 Å². The van der Waals surface area contributed by atoms with Crippen molar-refractivity contribution in [2.75, 3.05) is 18.4 Å². The van der Waals surface area contributed by atoms with E-state index in [1.54, 1.807) is 18.2 Å². The number of rotatable bonds is 6. The molecule has 0 heterocycles. The van der Waals surface area contributed by atoms with E-state index >= 15 is 0 Å². The topological polar surface area (TPSA) is 49.4 Å². The van der Waals surface area contributed by atoms with Gasteiger partial charge < -0.3 is 10.2 Å². The molecule has 2 aromatic carbocycles. The quantitative estimate of drug-likeness (QED) is 0.812. The van der Waals surface area contributed by atoms with E-state index in [-0.39, 0.29) is 18.4 Å². The Bertz CT molecular complexity index is 778. The molecule has 0 atom stereocenters. The number of carbonyl (C=O) groups is 2. The Morgan fingerprint density at radius 3 is 2.48 bits per heavy atom. The number of amides is 2. The third-order valence-corrected chi connectivity index (χ3v) is 4.28. The highest BCUT2D eigenvalue weighted by Crippen LogP contribution is 2.20. The number of hydrogen-bond acceptors (Lipinski definition) is 2. The predicted octanol–water partition coefficient (Wildman–Crippen LogP) is 4.33. The minimum Gasteiger partial charge on any atom is -0.333 e. The van der Waals surface area contributed by atoms with Gasteiger partial charge in [-0.15, -0.1) is 0 Å². The van der Waals surface area contributed by atoms with Crippen LogP contribution in [0, 0.1) is 6.92 Å². The van der Waals surface area contributed by atoms with E-state index < -0.39 is 0 Å². The molecule has 2 aromatic rings. The fourth-order valence-electron chi connectivity index (χ4n) is 2.40. The first-order valence-corrected chi connectivity index (χ1v) is 8.66. The van der Waals surface area contributed by atoms with Crippen molar-refractivity contribution in [3.8, 4) is 0 Å². The average molecular weight is 379 g/mol. The summed E-state index contributed by atoms with van der Waals surface area (Å²) in [5, 5.41) is 4.01. The monoisotopic (exact) mass is 378 g/mol. The van der Waals surface area contributed by atoms with Crippen LogP contribution in [-0.4, -0.2) is 29.8 Å². The molecule has 6 heteroatoms. The van der Waals surface area contributed by atoms with Crippen LogP contribution < -0.4 is 5.32 Å². The standard InChI is InChI=1S/C19H20Cl2N2O2/c1-13-6-7-17(21)11-18(13)22-19(25)12-23(14(2)24)9-8-15-4-3-5-16(20)10-15/h3-7,10-11H,8-9,12H2,1-2H3,(H,22,25). The molecule has 0 saturated carbocycles. The highest BCUT2D eigenvalue weighted by Gasteiger charge is 2.14. The zero-order valence-corrected chi connectivity index (χ0v) is 15.7. The lowest BCUT2D eigenvalue weighted by Gasteiger charge is -2.21. The predicted molar refractivity (Wildman–Crippen MR) is 102 cm³/mol. The average Bonchev–Trinajstić information content (AvgIpc) is 2.54. The summed E-state index contributed by atoms with van der Waals surface area (Å²) in [6.45, 7) is 3.77. The summed E-state index contributed by atoms with van der Waals surface area (Å²) >= 11 is 11.9. The Balaban J connectivity index is 1.97. The van der Waals surface area contributed by atoms with Crippen LogP contribution in [0.5, 0.6) is 0 Å². The van der Waals surface area contributed by atoms with Crippen molar-refractivity contribution in [2.24, 2.45) is 0 Å². The summed E-state index contributed by atoms with van der Waals surface area (Å²) in [6, 6.07) is 12.8. The summed E-state index contributed by atoms with van der Waals surface area (Å²) in [7, 11) is 0. The molecule has 4 nitrogen and oxygen atoms in total. The number of aryl methyl sites for hydroxylation is 1. The molecule has 25 heavy (non-hydrogen) atoms. The van der Waals surface area contributed by atoms with Crippen LogP contribution in [0.3, 0.4) is 0 Å². The molecule has 132 valence electrons. The second-order valence-corrected chi connectivity index (χ2v) is 6.70. The summed E-state index contributed by atoms with van der Waals surface area (Å²) < 4.78 is 0. The van der Waals surface area contributed by atoms with Crippen LogP contribution in [-0.2, 0) is 16.0 Å². The largest absolute Gasteiger partial charge is 0.333 e. The van der Waals surface area contributed by atoms with Gasteiger partial charge in [-0.25, -0.2) is 0 Å². The third-order valence-electron chi connectivity index (χ3n) is 3.81. The Morgan fingerprint density at radius 2 is 1.80 bits per heavy atom. The molecule has 2 rings (SSSR count). The number of hydrogen-bond donors (Lipinski definition) is 1. The Labute approximate surface area is 157 Å². The highest BCUT2D eigenvalue weighted by atomic mass is 35.5. The first-order valence-electron chi connectivity index (χ1n) is 7.91. The van der Waals surface area contributed by atoms with Gasteiger partial charge in [0.1, 0.15) is 0 Å². The first kappa shape index (κ1) is 19.3. The summed E-state index contributed by atoms with van der Waals surface area (Å²) in [5.74, 6) is -0.411. The van der Waals surface area contributed by atoms with Crippen LogP contribution in [0.4, 0.5) is 5.69 Å². The van der Waals surface area contributed by atoms with Crippen molar-refractivity contribution in [2.45, 2.75) is 20.3 Å². The van der Waals surface area contributed by atoms with Gasteiger partial charge in [0.2, 0.25) is 11.8 Å². The van der Waals surface area contributed by atoms with E-state index in [9.17, 15) is 9.59 Å². The van der Waals surface area contributed by atoms with E-state index in [0.717, 1.165) is 11.1 Å². The maximum Gasteiger partial charge on any atom is 0.244 e. The number of benzene rings is 2. The molecule has 0 radical (unpaired) electrons. The van der Waals surface area contributed by atoms with Gasteiger partial charge >= 0.3 is 0 Å². The maximum atomic E-state index is 12.3. The molecule has 0 aliphatic rings. The van der Waals surface area contributed by atoms with Gasteiger partial charge in [-0.2, -0.15) is 0 Å². The number of anilines is 1. The Morgan fingerprint density at radius 1 is 1.08 bits per heavy atom. The van der Waals surface area contributed by atoms with Crippen LogP contribution >= 0.6 is 23.2 Å². The number of nitrogens with zero attached hydrogens (tertiary/aromatic N) is 1. The lowest BCUT2D eigenvalue weighted by atomic mass is 10.1. The molecular formula is C19H20Cl2N2O2. The minimum absolute atomic E-state index is 0.0121. The SMILES string of the molecule is CC(=O)N(CCc1cccc(Cl)c1)CC(=O)Nc1cc(Cl)ccc1C. The summed E-state index contributed by atoms with van der Waals surface area (Å²) in [4.78, 5) is 25.6. The van der Waals surface area contributed by atoms with E-state index in [1.807, 2.05) is 31.2 Å². The van der Waals surface area contributed by atoms with E-state index in [4.69, 9.17) is 23.2 Å². The molecule has 1 N–H and O–H groups in total. The van der Waals surface area contributed by atoms with E-state index in [1.165, 1.54) is 11.8 Å². The summed E-state index contributed by atoms with van der Waals surface area (Å²) in [6.07, 6.45) is 0.629. The molecule has 0 aromatic heterocycles. The van der Waals surface area contributed by atoms with Gasteiger partial charge in [0.25, 0.3) is 0 Å². The normalized spacial score (nSPS) is 10.4. The minimum atomic E-state index is -0.258. The number of halogens is 2. The van der Waals surface area contributed by atoms with Crippen LogP contribution in [0.2, 0.25) is 10.0 Å². The molecule has 0 aliphatic heterocycles. The fraction of sp³-hybridized carbons (Fsp3) is 0.263. The molecule has 0 spiro atoms. The van der Waals surface area contributed by atoms with Crippen LogP contribution in [0.1, 0.15) is 18.1 Å². The molecule has 0 aliphatic carbocycles. The fourth-order valence-corrected chi connectivity index (χ4v) is 2.78. The van der Waals surface area contributed by atoms with Crippen molar-refractivity contribution in [3.05, 3.63) is 63.6 Å². The zero-order chi connectivity index (χ0) is 18.4. The molecular weight excluding hydrogens is 359 g/mol. The third kappa shape index (κ3) is 6.07. The van der Waals surface area contributed by atoms with Crippen molar-refractivity contribution in [3.63, 3.8) is 0 Å². The molecule has 0 unspecified atom stereocenters. The van der Waals surface area contributed by atoms with Crippen LogP contribution in [0.15, 0.2) is 42.5 Å². The van der Waals surface area contributed by atoms with E-state index in [0.29, 0.717) is 28.7 Å².